The summed E-state index contributed by atoms with van der Waals surface area (Å²) >= 11 is 0. The third kappa shape index (κ3) is 4.95. The van der Waals surface area contributed by atoms with E-state index in [-0.39, 0.29) is 10.8 Å². The molecule has 0 aliphatic heterocycles. The van der Waals surface area contributed by atoms with E-state index in [1.165, 1.54) is 6.33 Å². The largest absolute Gasteiger partial charge is 0.264 e. The van der Waals surface area contributed by atoms with Gasteiger partial charge in [0.15, 0.2) is 0 Å². The number of aryl methyl sites for hydroxylation is 1. The molecule has 0 amide bonds. The number of hydrogen-bond acceptors (Lipinski definition) is 4. The highest BCUT2D eigenvalue weighted by Gasteiger charge is 2.16. The van der Waals surface area contributed by atoms with E-state index in [1.54, 1.807) is 16.8 Å². The summed E-state index contributed by atoms with van der Waals surface area (Å²) in [5, 5.41) is 4.23. The lowest BCUT2D eigenvalue weighted by Gasteiger charge is -2.08. The molecular weight excluding hydrogens is 360 g/mol. The zero-order valence-electron chi connectivity index (χ0n) is 15.8. The molecule has 3 rings (SSSR count). The predicted molar refractivity (Wildman–Crippen MR) is 106 cm³/mol. The molecule has 1 N–H and O–H groups in total. The van der Waals surface area contributed by atoms with E-state index in [0.717, 1.165) is 23.1 Å². The van der Waals surface area contributed by atoms with Crippen molar-refractivity contribution in [3.8, 4) is 0 Å². The fourth-order valence-electron chi connectivity index (χ4n) is 2.83. The summed E-state index contributed by atoms with van der Waals surface area (Å²) in [6, 6.07) is 14.9. The van der Waals surface area contributed by atoms with E-state index in [4.69, 9.17) is 0 Å². The molecule has 0 aliphatic carbocycles. The quantitative estimate of drug-likeness (QED) is 0.675. The van der Waals surface area contributed by atoms with Crippen LogP contribution >= 0.6 is 0 Å². The van der Waals surface area contributed by atoms with Gasteiger partial charge < -0.3 is 0 Å². The molecule has 6 nitrogen and oxygen atoms in total. The highest BCUT2D eigenvalue weighted by Crippen LogP contribution is 2.16. The van der Waals surface area contributed by atoms with Crippen molar-refractivity contribution in [1.82, 2.24) is 14.8 Å². The van der Waals surface area contributed by atoms with E-state index in [9.17, 15) is 8.42 Å². The number of hydrogen-bond donors (Lipinski definition) is 1. The Morgan fingerprint density at radius 3 is 2.44 bits per heavy atom. The normalized spacial score (nSPS) is 11.7. The Kier molecular flexibility index (Phi) is 5.60. The smallest absolute Gasteiger partial charge is 0.246 e. The summed E-state index contributed by atoms with van der Waals surface area (Å²) < 4.78 is 29.2. The first-order valence-electron chi connectivity index (χ1n) is 8.89. The average molecular weight is 385 g/mol. The van der Waals surface area contributed by atoms with Crippen molar-refractivity contribution < 1.29 is 8.42 Å². The molecule has 1 heterocycles. The van der Waals surface area contributed by atoms with Gasteiger partial charge in [0.1, 0.15) is 6.33 Å². The van der Waals surface area contributed by atoms with Gasteiger partial charge in [-0.15, -0.1) is 5.10 Å². The maximum absolute atomic E-state index is 12.6. The first kappa shape index (κ1) is 19.1. The molecule has 0 saturated carbocycles. The van der Waals surface area contributed by atoms with Gasteiger partial charge in [0.25, 0.3) is 16.0 Å². The van der Waals surface area contributed by atoms with Crippen LogP contribution in [0.5, 0.6) is 0 Å². The summed E-state index contributed by atoms with van der Waals surface area (Å²) in [5.41, 5.74) is 3.37. The third-order valence-corrected chi connectivity index (χ3v) is 5.58. The van der Waals surface area contributed by atoms with Gasteiger partial charge in [-0.1, -0.05) is 50.2 Å². The van der Waals surface area contributed by atoms with Crippen LogP contribution in [0.15, 0.2) is 59.8 Å². The van der Waals surface area contributed by atoms with E-state index in [1.807, 2.05) is 43.3 Å². The van der Waals surface area contributed by atoms with Crippen molar-refractivity contribution in [3.05, 3.63) is 71.5 Å². The molecule has 0 spiro atoms. The Balaban J connectivity index is 1.71. The Morgan fingerprint density at radius 1 is 1.07 bits per heavy atom. The second-order valence-corrected chi connectivity index (χ2v) is 8.72. The van der Waals surface area contributed by atoms with Crippen LogP contribution in [-0.2, 0) is 23.0 Å². The molecule has 27 heavy (non-hydrogen) atoms. The standard InChI is InChI=1S/C20H24N4O2S/c1-15(2)12-17-8-10-19(11-9-17)27(25,26)23-20-21-14-24(22-20)13-18-7-5-4-6-16(18)3/h4-11,14-15H,12-13H2,1-3H3,(H,22,23). The van der Waals surface area contributed by atoms with E-state index >= 15 is 0 Å². The van der Waals surface area contributed by atoms with Gasteiger partial charge in [-0.25, -0.2) is 17.8 Å². The molecule has 0 aliphatic rings. The average Bonchev–Trinajstić information content (AvgIpc) is 3.03. The van der Waals surface area contributed by atoms with Gasteiger partial charge in [0.2, 0.25) is 0 Å². The number of benzene rings is 2. The summed E-state index contributed by atoms with van der Waals surface area (Å²) in [4.78, 5) is 4.27. The molecule has 0 fully saturated rings. The maximum Gasteiger partial charge on any atom is 0.264 e. The van der Waals surface area contributed by atoms with Gasteiger partial charge in [-0.3, -0.25) is 0 Å². The zero-order chi connectivity index (χ0) is 19.4. The van der Waals surface area contributed by atoms with Crippen molar-refractivity contribution >= 4 is 16.0 Å². The van der Waals surface area contributed by atoms with Crippen LogP contribution in [0.2, 0.25) is 0 Å². The summed E-state index contributed by atoms with van der Waals surface area (Å²) in [7, 11) is -3.71. The lowest BCUT2D eigenvalue weighted by molar-refractivity contribution is 0.600. The molecular formula is C20H24N4O2S. The highest BCUT2D eigenvalue weighted by molar-refractivity contribution is 7.92. The number of sulfonamides is 1. The van der Waals surface area contributed by atoms with Crippen LogP contribution in [0.3, 0.4) is 0 Å². The second kappa shape index (κ2) is 7.92. The number of aromatic nitrogens is 3. The molecule has 3 aromatic rings. The molecule has 0 bridgehead atoms. The van der Waals surface area contributed by atoms with Crippen molar-refractivity contribution in [3.63, 3.8) is 0 Å². The molecule has 7 heteroatoms. The van der Waals surface area contributed by atoms with E-state index in [2.05, 4.69) is 28.7 Å². The van der Waals surface area contributed by atoms with Crippen LogP contribution in [-0.4, -0.2) is 23.2 Å². The number of nitrogens with one attached hydrogen (secondary N) is 1. The molecule has 0 saturated heterocycles. The van der Waals surface area contributed by atoms with Crippen LogP contribution in [0.1, 0.15) is 30.5 Å². The lowest BCUT2D eigenvalue weighted by Crippen LogP contribution is -2.14. The minimum absolute atomic E-state index is 0.0647. The van der Waals surface area contributed by atoms with Gasteiger partial charge in [0, 0.05) is 0 Å². The van der Waals surface area contributed by atoms with Crippen molar-refractivity contribution in [2.75, 3.05) is 4.72 Å². The molecule has 0 atom stereocenters. The van der Waals surface area contributed by atoms with Crippen LogP contribution < -0.4 is 4.72 Å². The third-order valence-electron chi connectivity index (χ3n) is 4.23. The predicted octanol–water partition coefficient (Wildman–Crippen LogP) is 3.63. The van der Waals surface area contributed by atoms with Crippen molar-refractivity contribution in [2.45, 2.75) is 38.6 Å². The van der Waals surface area contributed by atoms with Gasteiger partial charge in [-0.05, 0) is 48.1 Å². The molecule has 142 valence electrons. The van der Waals surface area contributed by atoms with Crippen LogP contribution in [0, 0.1) is 12.8 Å². The Hall–Kier alpha value is -2.67. The number of anilines is 1. The minimum atomic E-state index is -3.71. The highest BCUT2D eigenvalue weighted by atomic mass is 32.2. The van der Waals surface area contributed by atoms with E-state index < -0.39 is 10.0 Å². The zero-order valence-corrected chi connectivity index (χ0v) is 16.6. The number of nitrogens with zero attached hydrogens (tertiary/aromatic N) is 3. The lowest BCUT2D eigenvalue weighted by atomic mass is 10.0. The Bertz CT molecular complexity index is 1010. The SMILES string of the molecule is Cc1ccccc1Cn1cnc(NS(=O)(=O)c2ccc(CC(C)C)cc2)n1. The maximum atomic E-state index is 12.6. The number of rotatable bonds is 7. The van der Waals surface area contributed by atoms with Crippen LogP contribution in [0.4, 0.5) is 5.95 Å². The van der Waals surface area contributed by atoms with Crippen molar-refractivity contribution in [2.24, 2.45) is 5.92 Å². The van der Waals surface area contributed by atoms with Crippen molar-refractivity contribution in [1.29, 1.82) is 0 Å². The summed E-state index contributed by atoms with van der Waals surface area (Å²) in [6.45, 7) is 6.82. The van der Waals surface area contributed by atoms with E-state index in [0.29, 0.717) is 12.5 Å². The Labute approximate surface area is 160 Å². The summed E-state index contributed by atoms with van der Waals surface area (Å²) in [5.74, 6) is 0.585. The molecule has 2 aromatic carbocycles. The molecule has 1 aromatic heterocycles. The van der Waals surface area contributed by atoms with Gasteiger partial charge >= 0.3 is 0 Å². The first-order chi connectivity index (χ1) is 12.8. The van der Waals surface area contributed by atoms with Gasteiger partial charge in [-0.2, -0.15) is 4.98 Å². The Morgan fingerprint density at radius 2 is 1.78 bits per heavy atom. The topological polar surface area (TPSA) is 76.9 Å². The monoisotopic (exact) mass is 384 g/mol. The molecule has 0 radical (unpaired) electrons. The minimum Gasteiger partial charge on any atom is -0.246 e. The first-order valence-corrected chi connectivity index (χ1v) is 10.4. The fourth-order valence-corrected chi connectivity index (χ4v) is 3.78. The summed E-state index contributed by atoms with van der Waals surface area (Å²) in [6.07, 6.45) is 2.44. The van der Waals surface area contributed by atoms with Crippen LogP contribution in [0.25, 0.3) is 0 Å². The fraction of sp³-hybridized carbons (Fsp3) is 0.300. The second-order valence-electron chi connectivity index (χ2n) is 7.04. The van der Waals surface area contributed by atoms with Gasteiger partial charge in [0.05, 0.1) is 11.4 Å². The molecule has 0 unspecified atom stereocenters.